The van der Waals surface area contributed by atoms with Gasteiger partial charge < -0.3 is 14.4 Å². The molecule has 0 spiro atoms. The fourth-order valence-electron chi connectivity index (χ4n) is 2.50. The van der Waals surface area contributed by atoms with Crippen LogP contribution in [0.3, 0.4) is 0 Å². The maximum atomic E-state index is 9.72. The molecule has 0 radical (unpaired) electrons. The first-order valence-corrected chi connectivity index (χ1v) is 7.05. The lowest BCUT2D eigenvalue weighted by Crippen LogP contribution is -2.30. The van der Waals surface area contributed by atoms with Gasteiger partial charge >= 0.3 is 0 Å². The van der Waals surface area contributed by atoms with Gasteiger partial charge in [0, 0.05) is 19.2 Å². The summed E-state index contributed by atoms with van der Waals surface area (Å²) in [7, 11) is 0. The Balaban J connectivity index is 1.88. The van der Waals surface area contributed by atoms with Crippen molar-refractivity contribution in [2.24, 2.45) is 0 Å². The molecule has 0 amide bonds. The molecule has 112 valence electrons. The van der Waals surface area contributed by atoms with E-state index in [0.29, 0.717) is 18.1 Å². The Bertz CT molecular complexity index is 732. The van der Waals surface area contributed by atoms with Gasteiger partial charge in [-0.15, -0.1) is 0 Å². The smallest absolute Gasteiger partial charge is 0.245 e. The molecule has 0 atom stereocenters. The summed E-state index contributed by atoms with van der Waals surface area (Å²) in [5, 5.41) is 9.72. The summed E-state index contributed by atoms with van der Waals surface area (Å²) in [5.74, 6) is 1.43. The second-order valence-electron chi connectivity index (χ2n) is 5.01. The van der Waals surface area contributed by atoms with Crippen molar-refractivity contribution in [3.8, 4) is 11.6 Å². The highest BCUT2D eigenvalue weighted by molar-refractivity contribution is 5.47. The highest BCUT2D eigenvalue weighted by Gasteiger charge is 2.25. The Morgan fingerprint density at radius 1 is 1.41 bits per heavy atom. The van der Waals surface area contributed by atoms with E-state index in [0.717, 1.165) is 30.1 Å². The molecule has 0 aromatic carbocycles. The number of nitrogens with zero attached hydrogens (tertiary/aromatic N) is 3. The third kappa shape index (κ3) is 2.65. The van der Waals surface area contributed by atoms with Gasteiger partial charge in [0.1, 0.15) is 22.9 Å². The monoisotopic (exact) mass is 295 g/mol. The number of aliphatic hydroxyl groups excluding tert-OH is 1. The van der Waals surface area contributed by atoms with Gasteiger partial charge in [0.05, 0.1) is 12.2 Å². The van der Waals surface area contributed by atoms with E-state index >= 15 is 0 Å². The number of pyridine rings is 1. The molecule has 2 aromatic heterocycles. The molecule has 1 aliphatic heterocycles. The number of hydrogen-bond acceptors (Lipinski definition) is 5. The number of allylic oxidation sites excluding steroid dienone is 2. The lowest BCUT2D eigenvalue weighted by Gasteiger charge is -2.29. The van der Waals surface area contributed by atoms with Crippen molar-refractivity contribution in [3.63, 3.8) is 0 Å². The molecule has 5 nitrogen and oxygen atoms in total. The predicted octanol–water partition coefficient (Wildman–Crippen LogP) is 3.24. The first-order valence-electron chi connectivity index (χ1n) is 7.05. The molecular weight excluding hydrogens is 278 g/mol. The summed E-state index contributed by atoms with van der Waals surface area (Å²) in [6.45, 7) is 8.56. The van der Waals surface area contributed by atoms with E-state index in [4.69, 9.17) is 4.42 Å². The standard InChI is InChI=1S/C17H17N3O2/c1-3-6-15(12(2)21)20-10-8-16-14(11-20)19-17(22-16)13-7-4-5-9-18-13/h3-7,9,21H,1-2,8,10-11H2/b15-6+. The van der Waals surface area contributed by atoms with Crippen LogP contribution in [0.5, 0.6) is 0 Å². The van der Waals surface area contributed by atoms with Crippen molar-refractivity contribution >= 4 is 0 Å². The predicted molar refractivity (Wildman–Crippen MR) is 83.9 cm³/mol. The molecule has 3 heterocycles. The van der Waals surface area contributed by atoms with Crippen molar-refractivity contribution in [3.05, 3.63) is 72.6 Å². The van der Waals surface area contributed by atoms with Crippen molar-refractivity contribution in [2.45, 2.75) is 13.0 Å². The molecule has 3 rings (SSSR count). The molecule has 0 saturated carbocycles. The van der Waals surface area contributed by atoms with Crippen molar-refractivity contribution < 1.29 is 9.52 Å². The average molecular weight is 295 g/mol. The molecule has 1 aliphatic rings. The van der Waals surface area contributed by atoms with E-state index in [1.54, 1.807) is 18.3 Å². The van der Waals surface area contributed by atoms with Crippen LogP contribution < -0.4 is 0 Å². The molecule has 0 unspecified atom stereocenters. The van der Waals surface area contributed by atoms with Gasteiger partial charge in [0.15, 0.2) is 0 Å². The first kappa shape index (κ1) is 14.1. The van der Waals surface area contributed by atoms with Crippen LogP contribution in [-0.4, -0.2) is 26.5 Å². The van der Waals surface area contributed by atoms with Crippen LogP contribution in [0.4, 0.5) is 0 Å². The quantitative estimate of drug-likeness (QED) is 0.693. The van der Waals surface area contributed by atoms with E-state index in [1.165, 1.54) is 0 Å². The molecule has 1 N–H and O–H groups in total. The Morgan fingerprint density at radius 3 is 2.95 bits per heavy atom. The normalized spacial score (nSPS) is 14.5. The summed E-state index contributed by atoms with van der Waals surface area (Å²) in [6, 6.07) is 5.62. The molecule has 0 bridgehead atoms. The largest absolute Gasteiger partial charge is 0.506 e. The van der Waals surface area contributed by atoms with Gasteiger partial charge in [0.25, 0.3) is 0 Å². The Kier molecular flexibility index (Phi) is 3.78. The summed E-state index contributed by atoms with van der Waals surface area (Å²) in [5.41, 5.74) is 2.24. The van der Waals surface area contributed by atoms with Crippen LogP contribution in [0.25, 0.3) is 11.6 Å². The number of oxazole rings is 1. The molecule has 2 aromatic rings. The van der Waals surface area contributed by atoms with Gasteiger partial charge in [-0.1, -0.05) is 25.3 Å². The second kappa shape index (κ2) is 5.89. The summed E-state index contributed by atoms with van der Waals surface area (Å²) < 4.78 is 5.82. The number of fused-ring (bicyclic) bond motifs is 1. The second-order valence-corrected chi connectivity index (χ2v) is 5.01. The molecule has 0 fully saturated rings. The van der Waals surface area contributed by atoms with Gasteiger partial charge in [-0.2, -0.15) is 0 Å². The first-order chi connectivity index (χ1) is 10.7. The average Bonchev–Trinajstić information content (AvgIpc) is 2.96. The molecule has 5 heteroatoms. The number of aliphatic hydroxyl groups is 1. The van der Waals surface area contributed by atoms with Crippen molar-refractivity contribution in [1.82, 2.24) is 14.9 Å². The van der Waals surface area contributed by atoms with Gasteiger partial charge in [-0.25, -0.2) is 4.98 Å². The highest BCUT2D eigenvalue weighted by atomic mass is 16.4. The number of rotatable bonds is 4. The van der Waals surface area contributed by atoms with Gasteiger partial charge in [0.2, 0.25) is 5.89 Å². The third-order valence-electron chi connectivity index (χ3n) is 3.52. The number of aromatic nitrogens is 2. The third-order valence-corrected chi connectivity index (χ3v) is 3.52. The zero-order valence-corrected chi connectivity index (χ0v) is 12.2. The van der Waals surface area contributed by atoms with Crippen LogP contribution in [0.1, 0.15) is 11.5 Å². The zero-order valence-electron chi connectivity index (χ0n) is 12.2. The highest BCUT2D eigenvalue weighted by Crippen LogP contribution is 2.27. The van der Waals surface area contributed by atoms with E-state index in [1.807, 2.05) is 23.1 Å². The summed E-state index contributed by atoms with van der Waals surface area (Å²) in [6.07, 6.45) is 5.81. The van der Waals surface area contributed by atoms with E-state index in [9.17, 15) is 5.11 Å². The minimum atomic E-state index is 0.0248. The van der Waals surface area contributed by atoms with E-state index < -0.39 is 0 Å². The summed E-state index contributed by atoms with van der Waals surface area (Å²) in [4.78, 5) is 10.8. The Labute approximate surface area is 128 Å². The van der Waals surface area contributed by atoms with Crippen molar-refractivity contribution in [2.75, 3.05) is 6.54 Å². The zero-order chi connectivity index (χ0) is 15.5. The van der Waals surface area contributed by atoms with Crippen LogP contribution in [0.15, 0.2) is 65.6 Å². The van der Waals surface area contributed by atoms with Crippen LogP contribution in [-0.2, 0) is 13.0 Å². The number of hydrogen-bond donors (Lipinski definition) is 1. The fraction of sp³-hybridized carbons (Fsp3) is 0.176. The van der Waals surface area contributed by atoms with Crippen LogP contribution in [0.2, 0.25) is 0 Å². The maximum absolute atomic E-state index is 9.72. The van der Waals surface area contributed by atoms with Gasteiger partial charge in [-0.3, -0.25) is 4.98 Å². The van der Waals surface area contributed by atoms with Crippen LogP contribution in [0, 0.1) is 0 Å². The van der Waals surface area contributed by atoms with E-state index in [-0.39, 0.29) is 5.76 Å². The Hall–Kier alpha value is -2.82. The maximum Gasteiger partial charge on any atom is 0.245 e. The minimum Gasteiger partial charge on any atom is -0.506 e. The lowest BCUT2D eigenvalue weighted by molar-refractivity contribution is 0.276. The molecule has 0 saturated heterocycles. The molecule has 0 aliphatic carbocycles. The van der Waals surface area contributed by atoms with Gasteiger partial charge in [-0.05, 0) is 18.2 Å². The summed E-state index contributed by atoms with van der Waals surface area (Å²) >= 11 is 0. The van der Waals surface area contributed by atoms with E-state index in [2.05, 4.69) is 23.1 Å². The lowest BCUT2D eigenvalue weighted by atomic mass is 10.1. The fourth-order valence-corrected chi connectivity index (χ4v) is 2.50. The topological polar surface area (TPSA) is 62.4 Å². The Morgan fingerprint density at radius 2 is 2.27 bits per heavy atom. The van der Waals surface area contributed by atoms with Crippen LogP contribution >= 0.6 is 0 Å². The van der Waals surface area contributed by atoms with Crippen molar-refractivity contribution in [1.29, 1.82) is 0 Å². The minimum absolute atomic E-state index is 0.0248. The molecule has 22 heavy (non-hydrogen) atoms. The SMILES string of the molecule is C=C/C=C(\C(=C)O)N1CCc2oc(-c3ccccn3)nc2C1. The molecular formula is C17H17N3O2.